The minimum Gasteiger partial charge on any atom is -0.490 e. The Morgan fingerprint density at radius 2 is 0.853 bits per heavy atom. The summed E-state index contributed by atoms with van der Waals surface area (Å²) in [6, 6.07) is 41.6. The molecule has 0 amide bonds. The van der Waals surface area contributed by atoms with E-state index < -0.39 is 98.2 Å². The van der Waals surface area contributed by atoms with E-state index in [9.17, 15) is 38.7 Å². The normalized spacial score (nSPS) is 30.4. The molecule has 6 saturated carbocycles. The number of halogens is 4. The topological polar surface area (TPSA) is 294 Å². The number of fused-ring (bicyclic) bond motifs is 3. The van der Waals surface area contributed by atoms with Crippen molar-refractivity contribution in [2.45, 2.75) is 307 Å². The molecule has 0 radical (unpaired) electrons. The van der Waals surface area contributed by atoms with Gasteiger partial charge in [0.1, 0.15) is 53.9 Å². The van der Waals surface area contributed by atoms with Crippen LogP contribution in [0.15, 0.2) is 132 Å². The Labute approximate surface area is 808 Å². The summed E-state index contributed by atoms with van der Waals surface area (Å²) in [5.74, 6) is 4.85. The summed E-state index contributed by atoms with van der Waals surface area (Å²) in [6.07, 6.45) is 11.5. The molecule has 9 fully saturated rings. The summed E-state index contributed by atoms with van der Waals surface area (Å²) in [7, 11) is -8.96. The molecular formula is C98H145BrCl3LiO21SSi4. The van der Waals surface area contributed by atoms with Crippen molar-refractivity contribution in [2.75, 3.05) is 27.1 Å². The van der Waals surface area contributed by atoms with E-state index in [1.54, 1.807) is 18.2 Å². The monoisotopic (exact) mass is 1990 g/mol. The molecule has 7 N–H and O–H groups in total. The Hall–Kier alpha value is -3.61. The number of carbonyl (C=O) groups excluding carboxylic acids is 1. The Balaban J connectivity index is 0.000000210. The van der Waals surface area contributed by atoms with E-state index in [-0.39, 0.29) is 61.1 Å². The molecule has 6 aliphatic carbocycles. The summed E-state index contributed by atoms with van der Waals surface area (Å²) < 4.78 is 94.8. The van der Waals surface area contributed by atoms with Crippen LogP contribution in [-0.4, -0.2) is 189 Å². The molecule has 714 valence electrons. The number of esters is 1. The third-order valence-electron chi connectivity index (χ3n) is 24.8. The second-order valence-corrected chi connectivity index (χ2v) is 61.4. The fourth-order valence-electron chi connectivity index (χ4n) is 18.1. The Morgan fingerprint density at radius 1 is 0.504 bits per heavy atom. The predicted octanol–water partition coefficient (Wildman–Crippen LogP) is 17.5. The number of methoxy groups -OCH3 is 1. The van der Waals surface area contributed by atoms with Gasteiger partial charge in [-0.1, -0.05) is 140 Å². The second kappa shape index (κ2) is 48.1. The molecule has 21 nitrogen and oxygen atoms in total. The molecule has 15 rings (SSSR count). The molecular weight excluding hydrogens is 1850 g/mol. The molecule has 129 heavy (non-hydrogen) atoms. The van der Waals surface area contributed by atoms with Gasteiger partial charge in [0.25, 0.3) is 10.1 Å². The number of ether oxygens (including phenoxy) is 7. The van der Waals surface area contributed by atoms with E-state index in [1.807, 2.05) is 61.5 Å². The van der Waals surface area contributed by atoms with Crippen molar-refractivity contribution in [1.29, 1.82) is 0 Å². The Bertz CT molecular complexity index is 4580. The number of rotatable bonds is 27. The van der Waals surface area contributed by atoms with Gasteiger partial charge in [-0.15, -0.1) is 0 Å². The van der Waals surface area contributed by atoms with Crippen LogP contribution < -0.4 is 33.1 Å². The maximum absolute atomic E-state index is 12.5. The standard InChI is InChI=1S/C33H49ClO5Si2.C26H31ClO7.C19H18BrClO.C14H30O4Si2.C4H9.CH4O3S.CH4O.Li/c1-9-30-21(2)31(38-40(3,4)5)32(39-41(6,7)8)33(35,37-30)26-12-15-29(34)25(18-26)16-22-10-13-27(14-11-22)36-28-19-23-17-24(23)20-28;1-32-26(25(31)24(30)23(29)22(13-28)34-26)18-4-7-21(27)17(10-18)8-14-2-5-19(6-3-14)33-20-11-15-9-16(15)12-20;20-16-3-6-19(21)15(9-16)7-12-1-4-17(5-2-12)22-18-10-13-8-14(13)11-18;1-9-11-10(2)12(17-19(3,4)5)13(14(15)16-11)18-20(6,7)8;1-3-4-2;1-5(2,3)4;1-2;/h10-15,18,21,23-24,28,30-32,35H,9,16-17,19-20H2,1-8H3;2-7,10,15-16,20,22-25,28-31H,8-9,11-13H2,1H3;1-6,9,13-14,18H,7-8,10-11H2;10-13H,9H2,1-8H3;1,3-4H2,2H3;1H3,(H,2,3,4);2H,1H3;/q;;;;-1;;;+1/t21-,23-,24+,28?,30-,31+,32-,33?;15-,16+,20?,22-,23-,24+,25-,26?;13-,14+,18?;10-,11-,12+,13-;;;;/m11.1..../s1. The van der Waals surface area contributed by atoms with Crippen LogP contribution in [0.1, 0.15) is 163 Å². The first-order valence-corrected chi connectivity index (χ1v) is 63.1. The first kappa shape index (κ1) is 111. The van der Waals surface area contributed by atoms with Gasteiger partial charge in [-0.2, -0.15) is 14.8 Å². The molecule has 0 bridgehead atoms. The summed E-state index contributed by atoms with van der Waals surface area (Å²) >= 11 is 23.0. The molecule has 31 heteroatoms. The Kier molecular flexibility index (Phi) is 41.3. The van der Waals surface area contributed by atoms with E-state index in [0.29, 0.717) is 58.6 Å². The van der Waals surface area contributed by atoms with Crippen molar-refractivity contribution < 1.29 is 118 Å². The van der Waals surface area contributed by atoms with Crippen LogP contribution >= 0.6 is 50.7 Å². The zero-order valence-corrected chi connectivity index (χ0v) is 88.4. The van der Waals surface area contributed by atoms with Gasteiger partial charge >= 0.3 is 24.8 Å². The van der Waals surface area contributed by atoms with Gasteiger partial charge in [-0.3, -0.25) is 4.55 Å². The number of aliphatic hydroxyl groups is 6. The van der Waals surface area contributed by atoms with Gasteiger partial charge < -0.3 is 88.4 Å². The van der Waals surface area contributed by atoms with Gasteiger partial charge in [-0.05, 0) is 316 Å². The van der Waals surface area contributed by atoms with E-state index >= 15 is 0 Å². The SMILES string of the molecule is CC[C@H]1OC(=O)[C@H](O[Si](C)(C)C)[C@@H](O[Si](C)(C)C)[C@@H]1C.CC[C@H]1OC(O)(c2ccc(Cl)c(Cc3ccc(OC4C[C@@H]5C[C@@H]5C4)cc3)c2)[C@H](O[Si](C)(C)C)[C@@H](O[Si](C)(C)C)[C@@H]1C.CO.COC1(c2ccc(Cl)c(Cc3ccc(OC4C[C@@H]5C[C@@H]5C4)cc3)c2)O[C@H](CO)[C@@H](O)[C@H](O)[C@H]1O.CS(=O)(=O)O.Clc1ccc(Br)cc1Cc1ccc(OC2C[C@@H]3C[C@@H]3C2)cc1.[CH2-]CCC.[Li+]. The second-order valence-electron chi connectivity index (χ2n) is 40.0. The summed E-state index contributed by atoms with van der Waals surface area (Å²) in [4.78, 5) is 12.3. The zero-order valence-electron chi connectivity index (χ0n) is 79.7. The molecule has 3 saturated heterocycles. The van der Waals surface area contributed by atoms with Crippen LogP contribution in [0.3, 0.4) is 0 Å². The van der Waals surface area contributed by atoms with Crippen molar-refractivity contribution in [3.05, 3.63) is 198 Å². The van der Waals surface area contributed by atoms with E-state index in [2.05, 4.69) is 184 Å². The molecule has 3 heterocycles. The van der Waals surface area contributed by atoms with Gasteiger partial charge in [-0.25, -0.2) is 4.79 Å². The number of hydrogen-bond acceptors (Lipinski definition) is 20. The van der Waals surface area contributed by atoms with Crippen molar-refractivity contribution in [1.82, 2.24) is 0 Å². The molecule has 3 aliphatic heterocycles. The fourth-order valence-corrected chi connectivity index (χ4v) is 23.5. The van der Waals surface area contributed by atoms with E-state index in [0.717, 1.165) is 136 Å². The summed E-state index contributed by atoms with van der Waals surface area (Å²) in [6.45, 7) is 39.3. The number of cyclic esters (lactones) is 1. The number of carbonyl (C=O) groups is 1. The van der Waals surface area contributed by atoms with Crippen LogP contribution in [0.2, 0.25) is 93.6 Å². The first-order valence-electron chi connectivity index (χ1n) is 45.7. The molecule has 9 aliphatic rings. The average molecular weight is 2000 g/mol. The first-order chi connectivity index (χ1) is 60.0. The molecule has 23 atom stereocenters. The zero-order chi connectivity index (χ0) is 94.5. The van der Waals surface area contributed by atoms with Gasteiger partial charge in [0.05, 0.1) is 49.5 Å². The minimum atomic E-state index is -3.67. The molecule has 0 aromatic heterocycles. The molecule has 6 aromatic carbocycles. The van der Waals surface area contributed by atoms with Crippen molar-refractivity contribution >= 4 is 100 Å². The summed E-state index contributed by atoms with van der Waals surface area (Å²) in [5, 5.41) is 62.3. The Morgan fingerprint density at radius 3 is 1.21 bits per heavy atom. The number of aliphatic hydroxyl groups excluding tert-OH is 5. The van der Waals surface area contributed by atoms with Gasteiger partial charge in [0.15, 0.2) is 39.4 Å². The van der Waals surface area contributed by atoms with Crippen LogP contribution in [0.4, 0.5) is 0 Å². The summed E-state index contributed by atoms with van der Waals surface area (Å²) in [5.41, 5.74) is 7.35. The van der Waals surface area contributed by atoms with Crippen LogP contribution in [0.5, 0.6) is 17.2 Å². The van der Waals surface area contributed by atoms with E-state index in [1.165, 1.54) is 64.0 Å². The van der Waals surface area contributed by atoms with Crippen molar-refractivity contribution in [3.8, 4) is 17.2 Å². The number of unbranched alkanes of at least 4 members (excludes halogenated alkanes) is 1. The maximum atomic E-state index is 12.5. The third kappa shape index (κ3) is 32.5. The molecule has 0 spiro atoms. The van der Waals surface area contributed by atoms with Gasteiger partial charge in [0, 0.05) is 56.7 Å². The van der Waals surface area contributed by atoms with Gasteiger partial charge in [0.2, 0.25) is 11.6 Å². The van der Waals surface area contributed by atoms with Crippen LogP contribution in [0, 0.1) is 54.3 Å². The van der Waals surface area contributed by atoms with Crippen molar-refractivity contribution in [3.63, 3.8) is 0 Å². The molecule has 5 unspecified atom stereocenters. The molecule has 6 aromatic rings. The van der Waals surface area contributed by atoms with Crippen molar-refractivity contribution in [2.24, 2.45) is 47.3 Å². The number of benzene rings is 6. The maximum Gasteiger partial charge on any atom is 1.00 e. The van der Waals surface area contributed by atoms with Crippen LogP contribution in [-0.2, 0) is 82.4 Å². The fraction of sp³-hybridized carbons (Fsp3) is 0.612. The smallest absolute Gasteiger partial charge is 0.490 e. The quantitative estimate of drug-likeness (QED) is 0.0109. The third-order valence-corrected chi connectivity index (χ3v) is 30.2. The predicted molar refractivity (Wildman–Crippen MR) is 521 cm³/mol. The van der Waals surface area contributed by atoms with Crippen LogP contribution in [0.25, 0.3) is 0 Å². The minimum absolute atomic E-state index is 0. The number of hydrogen-bond donors (Lipinski definition) is 7. The van der Waals surface area contributed by atoms with E-state index in [4.69, 9.17) is 95.3 Å². The average Bonchev–Trinajstić information content (AvgIpc) is 1.74. The largest absolute Gasteiger partial charge is 1.00 e.